The van der Waals surface area contributed by atoms with Crippen molar-refractivity contribution in [3.63, 3.8) is 0 Å². The van der Waals surface area contributed by atoms with Crippen LogP contribution < -0.4 is 11.1 Å². The van der Waals surface area contributed by atoms with Crippen molar-refractivity contribution in [3.05, 3.63) is 59.7 Å². The molecule has 3 aromatic rings. The van der Waals surface area contributed by atoms with Crippen LogP contribution in [0.2, 0.25) is 0 Å². The highest BCUT2D eigenvalue weighted by Gasteiger charge is 2.32. The first kappa shape index (κ1) is 24.5. The predicted molar refractivity (Wildman–Crippen MR) is 149 cm³/mol. The zero-order valence-corrected chi connectivity index (χ0v) is 22.3. The van der Waals surface area contributed by atoms with Gasteiger partial charge in [-0.15, -0.1) is 0 Å². The zero-order chi connectivity index (χ0) is 25.7. The number of nitrogen functional groups attached to an aromatic ring is 1. The number of piperazine rings is 1. The molecule has 2 fully saturated rings. The quantitative estimate of drug-likeness (QED) is 0.348. The molecule has 0 aromatic carbocycles. The lowest BCUT2D eigenvalue weighted by molar-refractivity contribution is 0.226. The summed E-state index contributed by atoms with van der Waals surface area (Å²) in [5.41, 5.74) is 13.2. The maximum absolute atomic E-state index is 6.64. The van der Waals surface area contributed by atoms with Gasteiger partial charge in [0, 0.05) is 65.2 Å². The first-order chi connectivity index (χ1) is 17.0. The second kappa shape index (κ2) is 9.04. The molecule has 0 unspecified atom stereocenters. The highest BCUT2D eigenvalue weighted by Crippen LogP contribution is 2.40. The highest BCUT2D eigenvalue weighted by molar-refractivity contribution is 6.07. The molecule has 7 heteroatoms. The van der Waals surface area contributed by atoms with Gasteiger partial charge in [0.2, 0.25) is 0 Å². The normalized spacial score (nSPS) is 18.9. The predicted octanol–water partition coefficient (Wildman–Crippen LogP) is 5.21. The number of nitrogens with one attached hydrogen (secondary N) is 2. The average molecular weight is 486 g/mol. The van der Waals surface area contributed by atoms with E-state index < -0.39 is 0 Å². The number of aromatic nitrogens is 3. The maximum Gasteiger partial charge on any atom is 0.139 e. The molecule has 0 spiro atoms. The standard InChI is InChI=1S/C29H39N7/c1-18(20-10-11-32-26-21(20)14-24(35-26)28(2,3)4)34-27(36-13-12-33-29(5,6)17-36)25-22(19-8-7-9-19)15-31-16-23(25)30/h10-11,14-16,19,33H,1,7-9,12-13,17,30H2,2-6H3,(H,32,35). The van der Waals surface area contributed by atoms with Crippen LogP contribution in [-0.4, -0.2) is 50.9 Å². The van der Waals surface area contributed by atoms with Gasteiger partial charge in [-0.1, -0.05) is 33.8 Å². The van der Waals surface area contributed by atoms with Gasteiger partial charge in [0.15, 0.2) is 0 Å². The fraction of sp³-hybridized carbons (Fsp3) is 0.483. The minimum atomic E-state index is -0.0367. The molecular weight excluding hydrogens is 446 g/mol. The first-order valence-electron chi connectivity index (χ1n) is 13.0. The van der Waals surface area contributed by atoms with Crippen molar-refractivity contribution in [3.8, 4) is 0 Å². The molecule has 0 atom stereocenters. The van der Waals surface area contributed by atoms with Gasteiger partial charge in [0.05, 0.1) is 17.6 Å². The molecule has 190 valence electrons. The van der Waals surface area contributed by atoms with Gasteiger partial charge in [0.1, 0.15) is 11.5 Å². The van der Waals surface area contributed by atoms with Crippen molar-refractivity contribution in [2.24, 2.45) is 4.99 Å². The van der Waals surface area contributed by atoms with E-state index in [1.807, 2.05) is 18.5 Å². The molecule has 4 N–H and O–H groups in total. The number of aliphatic imine (C=N–C) groups is 1. The Morgan fingerprint density at radius 2 is 2.03 bits per heavy atom. The summed E-state index contributed by atoms with van der Waals surface area (Å²) in [4.78, 5) is 20.2. The third kappa shape index (κ3) is 4.64. The van der Waals surface area contributed by atoms with Gasteiger partial charge in [-0.05, 0) is 50.3 Å². The van der Waals surface area contributed by atoms with Crippen LogP contribution in [-0.2, 0) is 5.41 Å². The number of fused-ring (bicyclic) bond motifs is 1. The Morgan fingerprint density at radius 1 is 1.25 bits per heavy atom. The Morgan fingerprint density at radius 3 is 2.69 bits per heavy atom. The van der Waals surface area contributed by atoms with E-state index in [1.165, 1.54) is 24.8 Å². The Hall–Kier alpha value is -3.19. The molecule has 1 saturated heterocycles. The molecule has 1 saturated carbocycles. The molecule has 36 heavy (non-hydrogen) atoms. The number of hydrogen-bond donors (Lipinski definition) is 3. The molecule has 5 rings (SSSR count). The van der Waals surface area contributed by atoms with Gasteiger partial charge in [-0.3, -0.25) is 4.98 Å². The number of rotatable bonds is 4. The molecule has 0 radical (unpaired) electrons. The minimum absolute atomic E-state index is 0.0106. The van der Waals surface area contributed by atoms with Crippen molar-refractivity contribution in [2.75, 3.05) is 25.4 Å². The van der Waals surface area contributed by atoms with Crippen LogP contribution in [0.1, 0.15) is 82.2 Å². The van der Waals surface area contributed by atoms with E-state index in [-0.39, 0.29) is 11.0 Å². The van der Waals surface area contributed by atoms with E-state index in [0.29, 0.717) is 17.3 Å². The maximum atomic E-state index is 6.64. The summed E-state index contributed by atoms with van der Waals surface area (Å²) in [5, 5.41) is 4.66. The van der Waals surface area contributed by atoms with Crippen LogP contribution in [0, 0.1) is 0 Å². The highest BCUT2D eigenvalue weighted by atomic mass is 15.3. The number of pyridine rings is 2. The molecule has 3 aromatic heterocycles. The van der Waals surface area contributed by atoms with E-state index in [0.717, 1.165) is 53.3 Å². The summed E-state index contributed by atoms with van der Waals surface area (Å²) in [6.45, 7) is 18.1. The first-order valence-corrected chi connectivity index (χ1v) is 13.0. The van der Waals surface area contributed by atoms with E-state index in [9.17, 15) is 0 Å². The number of nitrogens with two attached hydrogens (primary N) is 1. The van der Waals surface area contributed by atoms with Crippen molar-refractivity contribution in [1.29, 1.82) is 0 Å². The van der Waals surface area contributed by atoms with Gasteiger partial charge in [-0.2, -0.15) is 0 Å². The summed E-state index contributed by atoms with van der Waals surface area (Å²) >= 11 is 0. The topological polar surface area (TPSA) is 95.2 Å². The molecular formula is C29H39N7. The molecule has 1 aliphatic heterocycles. The zero-order valence-electron chi connectivity index (χ0n) is 22.3. The third-order valence-electron chi connectivity index (χ3n) is 7.54. The molecule has 7 nitrogen and oxygen atoms in total. The number of amidine groups is 1. The summed E-state index contributed by atoms with van der Waals surface area (Å²) in [6.07, 6.45) is 9.17. The van der Waals surface area contributed by atoms with Crippen LogP contribution in [0.3, 0.4) is 0 Å². The molecule has 2 aliphatic rings. The third-order valence-corrected chi connectivity index (χ3v) is 7.54. The van der Waals surface area contributed by atoms with Crippen LogP contribution in [0.25, 0.3) is 16.7 Å². The Kier molecular flexibility index (Phi) is 6.15. The Labute approximate surface area is 214 Å². The largest absolute Gasteiger partial charge is 0.397 e. The molecule has 1 aliphatic carbocycles. The average Bonchev–Trinajstić information content (AvgIpc) is 3.21. The van der Waals surface area contributed by atoms with Crippen molar-refractivity contribution in [1.82, 2.24) is 25.2 Å². The van der Waals surface area contributed by atoms with Crippen LogP contribution >= 0.6 is 0 Å². The van der Waals surface area contributed by atoms with E-state index in [4.69, 9.17) is 10.7 Å². The van der Waals surface area contributed by atoms with Gasteiger partial charge >= 0.3 is 0 Å². The fourth-order valence-electron chi connectivity index (χ4n) is 5.26. The number of anilines is 1. The van der Waals surface area contributed by atoms with Gasteiger partial charge in [0.25, 0.3) is 0 Å². The number of hydrogen-bond acceptors (Lipinski definition) is 5. The van der Waals surface area contributed by atoms with E-state index >= 15 is 0 Å². The van der Waals surface area contributed by atoms with Crippen molar-refractivity contribution >= 4 is 28.3 Å². The lowest BCUT2D eigenvalue weighted by Crippen LogP contribution is -2.58. The fourth-order valence-corrected chi connectivity index (χ4v) is 5.26. The smallest absolute Gasteiger partial charge is 0.139 e. The monoisotopic (exact) mass is 485 g/mol. The molecule has 0 amide bonds. The van der Waals surface area contributed by atoms with Crippen molar-refractivity contribution < 1.29 is 0 Å². The summed E-state index contributed by atoms with van der Waals surface area (Å²) in [7, 11) is 0. The second-order valence-electron chi connectivity index (χ2n) is 12.0. The summed E-state index contributed by atoms with van der Waals surface area (Å²) < 4.78 is 0. The summed E-state index contributed by atoms with van der Waals surface area (Å²) in [5.74, 6) is 1.38. The Bertz CT molecular complexity index is 1320. The van der Waals surface area contributed by atoms with Crippen LogP contribution in [0.4, 0.5) is 5.69 Å². The number of aromatic amines is 1. The lowest BCUT2D eigenvalue weighted by atomic mass is 9.78. The second-order valence-corrected chi connectivity index (χ2v) is 12.0. The lowest BCUT2D eigenvalue weighted by Gasteiger charge is -2.41. The van der Waals surface area contributed by atoms with Gasteiger partial charge in [-0.25, -0.2) is 9.98 Å². The molecule has 4 heterocycles. The van der Waals surface area contributed by atoms with E-state index in [2.05, 4.69) is 72.4 Å². The molecule has 0 bridgehead atoms. The number of nitrogens with zero attached hydrogens (tertiary/aromatic N) is 4. The van der Waals surface area contributed by atoms with Crippen LogP contribution in [0.5, 0.6) is 0 Å². The SMILES string of the molecule is C=C(N=C(c1c(N)cncc1C1CCC1)N1CCNC(C)(C)C1)c1ccnc2[nH]c(C(C)(C)C)cc12. The summed E-state index contributed by atoms with van der Waals surface area (Å²) in [6, 6.07) is 4.20. The van der Waals surface area contributed by atoms with Crippen LogP contribution in [0.15, 0.2) is 42.3 Å². The van der Waals surface area contributed by atoms with Crippen molar-refractivity contribution in [2.45, 2.75) is 70.8 Å². The minimum Gasteiger partial charge on any atom is -0.397 e. The number of H-pyrrole nitrogens is 1. The van der Waals surface area contributed by atoms with E-state index in [1.54, 1.807) is 6.20 Å². The Balaban J connectivity index is 1.64. The van der Waals surface area contributed by atoms with Gasteiger partial charge < -0.3 is 20.9 Å².